The zero-order chi connectivity index (χ0) is 27.8. The van der Waals surface area contributed by atoms with E-state index in [2.05, 4.69) is 10.3 Å². The van der Waals surface area contributed by atoms with Crippen molar-refractivity contribution in [3.8, 4) is 0 Å². The number of nitrogens with one attached hydrogen (secondary N) is 1. The van der Waals surface area contributed by atoms with Gasteiger partial charge in [0.05, 0.1) is 23.4 Å². The lowest BCUT2D eigenvalue weighted by molar-refractivity contribution is -0.140. The number of hydrogen-bond donors (Lipinski definition) is 2. The van der Waals surface area contributed by atoms with Crippen LogP contribution in [-0.2, 0) is 17.6 Å². The van der Waals surface area contributed by atoms with Crippen LogP contribution in [0.15, 0.2) is 30.5 Å². The molecule has 0 spiro atoms. The molecule has 38 heavy (non-hydrogen) atoms. The number of hydrogen-bond acceptors (Lipinski definition) is 4. The molecule has 6 nitrogen and oxygen atoms in total. The van der Waals surface area contributed by atoms with Crippen molar-refractivity contribution in [3.63, 3.8) is 0 Å². The minimum Gasteiger partial charge on any atom is -0.393 e. The van der Waals surface area contributed by atoms with Crippen LogP contribution in [0.3, 0.4) is 0 Å². The number of rotatable bonds is 7. The van der Waals surface area contributed by atoms with E-state index in [4.69, 9.17) is 0 Å². The number of carbonyl (C=O) groups is 2. The standard InChI is InChI=1S/C26H27F6N3O3/c1-2-13-5-22(35(12-13)25(38)14-3-4-33-16(6-14)11-27)24(37)34-23(15-7-17(36)8-15)18-9-21(29)19(10-20(18)28)26(30,31)32/h3-4,6,9-10,13,15,17,22-23,36H,2,5,7-8,11-12H2,1H3,(H,34,37)/t13-,15?,17?,22-,23-/m1/s1. The smallest absolute Gasteiger partial charge is 0.393 e. The van der Waals surface area contributed by atoms with Gasteiger partial charge in [0.1, 0.15) is 24.4 Å². The molecule has 0 bridgehead atoms. The van der Waals surface area contributed by atoms with Gasteiger partial charge in [0.15, 0.2) is 0 Å². The Hall–Kier alpha value is -3.15. The second-order valence-electron chi connectivity index (χ2n) is 9.88. The number of amides is 2. The molecule has 1 saturated carbocycles. The summed E-state index contributed by atoms with van der Waals surface area (Å²) in [5, 5.41) is 12.4. The first-order valence-corrected chi connectivity index (χ1v) is 12.3. The largest absolute Gasteiger partial charge is 0.419 e. The van der Waals surface area contributed by atoms with Gasteiger partial charge in [-0.25, -0.2) is 13.2 Å². The maximum absolute atomic E-state index is 14.9. The number of halogens is 6. The molecule has 1 aliphatic heterocycles. The third-order valence-corrected chi connectivity index (χ3v) is 7.37. The van der Waals surface area contributed by atoms with E-state index in [9.17, 15) is 41.0 Å². The fourth-order valence-electron chi connectivity index (χ4n) is 5.16. The van der Waals surface area contributed by atoms with Crippen LogP contribution in [0.5, 0.6) is 0 Å². The topological polar surface area (TPSA) is 82.5 Å². The van der Waals surface area contributed by atoms with Gasteiger partial charge in [0.2, 0.25) is 5.91 Å². The molecule has 1 aromatic heterocycles. The summed E-state index contributed by atoms with van der Waals surface area (Å²) in [5.41, 5.74) is -2.05. The monoisotopic (exact) mass is 543 g/mol. The quantitative estimate of drug-likeness (QED) is 0.496. The van der Waals surface area contributed by atoms with Crippen LogP contribution in [0, 0.1) is 23.5 Å². The number of nitrogens with zero attached hydrogens (tertiary/aromatic N) is 2. The molecule has 1 aromatic carbocycles. The Labute approximate surface area is 215 Å². The normalized spacial score (nSPS) is 24.2. The van der Waals surface area contributed by atoms with E-state index in [1.165, 1.54) is 23.2 Å². The van der Waals surface area contributed by atoms with Crippen molar-refractivity contribution in [2.24, 2.45) is 11.8 Å². The summed E-state index contributed by atoms with van der Waals surface area (Å²) >= 11 is 0. The zero-order valence-electron chi connectivity index (χ0n) is 20.4. The lowest BCUT2D eigenvalue weighted by atomic mass is 9.74. The third kappa shape index (κ3) is 5.64. The van der Waals surface area contributed by atoms with Crippen molar-refractivity contribution in [1.29, 1.82) is 0 Å². The molecule has 2 amide bonds. The number of benzene rings is 1. The lowest BCUT2D eigenvalue weighted by Crippen LogP contribution is -2.49. The second kappa shape index (κ2) is 10.9. The van der Waals surface area contributed by atoms with Crippen LogP contribution in [0.1, 0.15) is 65.8 Å². The predicted octanol–water partition coefficient (Wildman–Crippen LogP) is 4.72. The van der Waals surface area contributed by atoms with E-state index in [1.54, 1.807) is 0 Å². The summed E-state index contributed by atoms with van der Waals surface area (Å²) in [6.45, 7) is 1.24. The Bertz CT molecular complexity index is 1200. The first kappa shape index (κ1) is 27.9. The van der Waals surface area contributed by atoms with E-state index in [-0.39, 0.29) is 49.0 Å². The highest BCUT2D eigenvalue weighted by atomic mass is 19.4. The molecule has 1 saturated heterocycles. The fraction of sp³-hybridized carbons (Fsp3) is 0.500. The highest BCUT2D eigenvalue weighted by molar-refractivity contribution is 5.98. The van der Waals surface area contributed by atoms with E-state index >= 15 is 0 Å². The minimum atomic E-state index is -5.11. The maximum atomic E-state index is 14.9. The summed E-state index contributed by atoms with van der Waals surface area (Å²) in [6, 6.07) is 0.951. The van der Waals surface area contributed by atoms with Crippen LogP contribution < -0.4 is 5.32 Å². The zero-order valence-corrected chi connectivity index (χ0v) is 20.4. The molecule has 1 aliphatic carbocycles. The predicted molar refractivity (Wildman–Crippen MR) is 123 cm³/mol. The molecule has 3 atom stereocenters. The second-order valence-corrected chi connectivity index (χ2v) is 9.88. The average molecular weight is 544 g/mol. The van der Waals surface area contributed by atoms with E-state index in [0.29, 0.717) is 12.5 Å². The molecule has 2 heterocycles. The van der Waals surface area contributed by atoms with Crippen LogP contribution in [0.25, 0.3) is 0 Å². The van der Waals surface area contributed by atoms with E-state index < -0.39 is 71.5 Å². The summed E-state index contributed by atoms with van der Waals surface area (Å²) in [6.07, 6.45) is -3.39. The maximum Gasteiger partial charge on any atom is 0.419 e. The van der Waals surface area contributed by atoms with Crippen molar-refractivity contribution < 1.29 is 41.0 Å². The lowest BCUT2D eigenvalue weighted by Gasteiger charge is -2.39. The van der Waals surface area contributed by atoms with Crippen molar-refractivity contribution in [2.45, 2.75) is 63.6 Å². The molecular formula is C26H27F6N3O3. The highest BCUT2D eigenvalue weighted by Crippen LogP contribution is 2.41. The fourth-order valence-corrected chi connectivity index (χ4v) is 5.16. The summed E-state index contributed by atoms with van der Waals surface area (Å²) in [4.78, 5) is 31.9. The summed E-state index contributed by atoms with van der Waals surface area (Å²) < 4.78 is 81.5. The van der Waals surface area contributed by atoms with Gasteiger partial charge >= 0.3 is 6.18 Å². The molecule has 0 unspecified atom stereocenters. The van der Waals surface area contributed by atoms with Gasteiger partial charge in [-0.1, -0.05) is 13.3 Å². The van der Waals surface area contributed by atoms with Crippen molar-refractivity contribution in [3.05, 3.63) is 64.5 Å². The third-order valence-electron chi connectivity index (χ3n) is 7.37. The Morgan fingerprint density at radius 3 is 2.47 bits per heavy atom. The molecule has 2 aliphatic rings. The molecule has 0 radical (unpaired) electrons. The van der Waals surface area contributed by atoms with Crippen molar-refractivity contribution >= 4 is 11.8 Å². The molecule has 12 heteroatoms. The number of alkyl halides is 4. The van der Waals surface area contributed by atoms with Gasteiger partial charge in [-0.3, -0.25) is 14.6 Å². The first-order valence-electron chi connectivity index (χ1n) is 12.3. The molecule has 2 aromatic rings. The van der Waals surface area contributed by atoms with Gasteiger partial charge in [0, 0.05) is 23.9 Å². The molecule has 2 N–H and O–H groups in total. The Morgan fingerprint density at radius 1 is 1.16 bits per heavy atom. The van der Waals surface area contributed by atoms with Crippen LogP contribution in [0.2, 0.25) is 0 Å². The van der Waals surface area contributed by atoms with E-state index in [0.717, 1.165) is 0 Å². The number of aliphatic hydroxyl groups excluding tert-OH is 1. The van der Waals surface area contributed by atoms with Crippen LogP contribution >= 0.6 is 0 Å². The molecule has 2 fully saturated rings. The van der Waals surface area contributed by atoms with Crippen molar-refractivity contribution in [2.75, 3.05) is 6.54 Å². The first-order chi connectivity index (χ1) is 17.9. The van der Waals surface area contributed by atoms with Gasteiger partial charge < -0.3 is 15.3 Å². The number of aromatic nitrogens is 1. The Balaban J connectivity index is 1.63. The van der Waals surface area contributed by atoms with Gasteiger partial charge in [-0.05, 0) is 55.4 Å². The highest BCUT2D eigenvalue weighted by Gasteiger charge is 2.43. The number of likely N-dealkylation sites (tertiary alicyclic amines) is 1. The van der Waals surface area contributed by atoms with Crippen molar-refractivity contribution in [1.82, 2.24) is 15.2 Å². The van der Waals surface area contributed by atoms with Gasteiger partial charge in [-0.2, -0.15) is 13.2 Å². The SMILES string of the molecule is CC[C@@H]1C[C@H](C(=O)N[C@@H](c2cc(F)c(C(F)(F)F)cc2F)C2CC(O)C2)N(C(=O)c2ccnc(CF)c2)C1. The van der Waals surface area contributed by atoms with Gasteiger partial charge in [-0.15, -0.1) is 0 Å². The number of aliphatic hydroxyl groups is 1. The van der Waals surface area contributed by atoms with Crippen LogP contribution in [0.4, 0.5) is 26.3 Å². The number of carbonyl (C=O) groups excluding carboxylic acids is 2. The number of pyridine rings is 1. The molecule has 4 rings (SSSR count). The molecular weight excluding hydrogens is 516 g/mol. The van der Waals surface area contributed by atoms with E-state index in [1.807, 2.05) is 6.92 Å². The summed E-state index contributed by atoms with van der Waals surface area (Å²) in [5.74, 6) is -4.83. The minimum absolute atomic E-state index is 0.0404. The molecule has 206 valence electrons. The Kier molecular flexibility index (Phi) is 8.01. The average Bonchev–Trinajstić information content (AvgIpc) is 3.30. The van der Waals surface area contributed by atoms with Crippen LogP contribution in [-0.4, -0.2) is 45.5 Å². The Morgan fingerprint density at radius 2 is 1.87 bits per heavy atom. The summed E-state index contributed by atoms with van der Waals surface area (Å²) in [7, 11) is 0. The van der Waals surface area contributed by atoms with Gasteiger partial charge in [0.25, 0.3) is 5.91 Å².